The van der Waals surface area contributed by atoms with Crippen LogP contribution in [-0.2, 0) is 9.59 Å². The molecular formula is C12H16N4O4S. The van der Waals surface area contributed by atoms with Crippen molar-refractivity contribution < 1.29 is 19.5 Å². The van der Waals surface area contributed by atoms with E-state index in [1.165, 1.54) is 17.4 Å². The van der Waals surface area contributed by atoms with Crippen LogP contribution >= 0.6 is 11.3 Å². The van der Waals surface area contributed by atoms with E-state index in [4.69, 9.17) is 16.6 Å². The number of carboxylic acid groups (broad SMARTS) is 1. The molecule has 0 spiro atoms. The standard InChI is InChI=1S/C12H16N4O4S/c13-9(18)7-1-4-21-10(7)15-8(17)5-16-3-2-12(14,6-16)11(19)20/h1,4H,2-3,5-6,14H2,(H2,13,18)(H,15,17)(H,19,20). The smallest absolute Gasteiger partial charge is 0.325 e. The van der Waals surface area contributed by atoms with Crippen molar-refractivity contribution in [2.24, 2.45) is 11.5 Å². The minimum atomic E-state index is -1.30. The summed E-state index contributed by atoms with van der Waals surface area (Å²) in [6.45, 7) is 0.564. The van der Waals surface area contributed by atoms with Crippen molar-refractivity contribution in [2.45, 2.75) is 12.0 Å². The van der Waals surface area contributed by atoms with Gasteiger partial charge in [0, 0.05) is 13.1 Å². The minimum Gasteiger partial charge on any atom is -0.480 e. The van der Waals surface area contributed by atoms with Gasteiger partial charge < -0.3 is 21.9 Å². The fraction of sp³-hybridized carbons (Fsp3) is 0.417. The van der Waals surface area contributed by atoms with Gasteiger partial charge in [-0.15, -0.1) is 11.3 Å². The van der Waals surface area contributed by atoms with Crippen LogP contribution in [0.1, 0.15) is 16.8 Å². The molecule has 0 bridgehead atoms. The molecule has 1 atom stereocenters. The van der Waals surface area contributed by atoms with Gasteiger partial charge in [0.05, 0.1) is 12.1 Å². The molecule has 2 rings (SSSR count). The Hall–Kier alpha value is -1.97. The first-order chi connectivity index (χ1) is 9.82. The molecule has 1 aliphatic heterocycles. The highest BCUT2D eigenvalue weighted by atomic mass is 32.1. The summed E-state index contributed by atoms with van der Waals surface area (Å²) in [6.07, 6.45) is 0.293. The van der Waals surface area contributed by atoms with Gasteiger partial charge in [0.2, 0.25) is 5.91 Å². The second kappa shape index (κ2) is 5.80. The molecule has 1 aliphatic rings. The number of nitrogens with one attached hydrogen (secondary N) is 1. The molecule has 1 aromatic heterocycles. The second-order valence-electron chi connectivity index (χ2n) is 5.00. The van der Waals surface area contributed by atoms with Crippen LogP contribution in [0, 0.1) is 0 Å². The molecule has 1 saturated heterocycles. The Morgan fingerprint density at radius 1 is 1.48 bits per heavy atom. The third-order valence-corrected chi connectivity index (χ3v) is 4.19. The molecule has 1 fully saturated rings. The number of carbonyl (C=O) groups excluding carboxylic acids is 2. The van der Waals surface area contributed by atoms with Gasteiger partial charge in [-0.3, -0.25) is 19.3 Å². The van der Waals surface area contributed by atoms with E-state index in [2.05, 4.69) is 5.32 Å². The van der Waals surface area contributed by atoms with Crippen LogP contribution < -0.4 is 16.8 Å². The molecule has 1 aromatic rings. The number of likely N-dealkylation sites (tertiary alicyclic amines) is 1. The lowest BCUT2D eigenvalue weighted by Gasteiger charge is -2.19. The van der Waals surface area contributed by atoms with Crippen LogP contribution in [0.5, 0.6) is 0 Å². The molecule has 0 radical (unpaired) electrons. The highest BCUT2D eigenvalue weighted by molar-refractivity contribution is 7.14. The summed E-state index contributed by atoms with van der Waals surface area (Å²) in [5, 5.41) is 13.7. The molecule has 0 aliphatic carbocycles. The van der Waals surface area contributed by atoms with Crippen LogP contribution in [0.15, 0.2) is 11.4 Å². The Kier molecular flexibility index (Phi) is 4.26. The van der Waals surface area contributed by atoms with Crippen LogP contribution in [0.4, 0.5) is 5.00 Å². The van der Waals surface area contributed by atoms with E-state index < -0.39 is 17.4 Å². The first-order valence-corrected chi connectivity index (χ1v) is 7.11. The fourth-order valence-corrected chi connectivity index (χ4v) is 3.00. The number of carbonyl (C=O) groups is 3. The maximum Gasteiger partial charge on any atom is 0.325 e. The van der Waals surface area contributed by atoms with Gasteiger partial charge in [-0.25, -0.2) is 0 Å². The summed E-state index contributed by atoms with van der Waals surface area (Å²) >= 11 is 1.20. The lowest BCUT2D eigenvalue weighted by Crippen LogP contribution is -2.50. The predicted molar refractivity (Wildman–Crippen MR) is 77.1 cm³/mol. The van der Waals surface area contributed by atoms with Crippen LogP contribution in [0.2, 0.25) is 0 Å². The van der Waals surface area contributed by atoms with Crippen molar-refractivity contribution in [1.29, 1.82) is 0 Å². The van der Waals surface area contributed by atoms with E-state index in [1.54, 1.807) is 10.3 Å². The van der Waals surface area contributed by atoms with Gasteiger partial charge in [-0.05, 0) is 17.9 Å². The molecule has 8 nitrogen and oxygen atoms in total. The van der Waals surface area contributed by atoms with E-state index in [-0.39, 0.29) is 24.6 Å². The SMILES string of the molecule is NC(=O)c1ccsc1NC(=O)CN1CCC(N)(C(=O)O)C1. The number of carboxylic acids is 1. The Labute approximate surface area is 124 Å². The first-order valence-electron chi connectivity index (χ1n) is 6.23. The summed E-state index contributed by atoms with van der Waals surface area (Å²) in [6, 6.07) is 1.54. The van der Waals surface area contributed by atoms with Crippen LogP contribution in [-0.4, -0.2) is 53.0 Å². The van der Waals surface area contributed by atoms with Gasteiger partial charge in [0.1, 0.15) is 10.5 Å². The largest absolute Gasteiger partial charge is 0.480 e. The average molecular weight is 312 g/mol. The summed E-state index contributed by atoms with van der Waals surface area (Å²) < 4.78 is 0. The summed E-state index contributed by atoms with van der Waals surface area (Å²) in [5.74, 6) is -2.02. The van der Waals surface area contributed by atoms with Crippen LogP contribution in [0.25, 0.3) is 0 Å². The van der Waals surface area contributed by atoms with Crippen molar-refractivity contribution in [3.05, 3.63) is 17.0 Å². The van der Waals surface area contributed by atoms with Crippen molar-refractivity contribution in [3.63, 3.8) is 0 Å². The lowest BCUT2D eigenvalue weighted by atomic mass is 10.0. The number of nitrogens with two attached hydrogens (primary N) is 2. The van der Waals surface area contributed by atoms with Gasteiger partial charge in [0.15, 0.2) is 0 Å². The van der Waals surface area contributed by atoms with E-state index in [9.17, 15) is 14.4 Å². The Morgan fingerprint density at radius 2 is 2.19 bits per heavy atom. The number of hydrogen-bond donors (Lipinski definition) is 4. The number of anilines is 1. The van der Waals surface area contributed by atoms with Gasteiger partial charge in [-0.1, -0.05) is 0 Å². The topological polar surface area (TPSA) is 139 Å². The number of nitrogens with zero attached hydrogens (tertiary/aromatic N) is 1. The zero-order chi connectivity index (χ0) is 15.6. The molecule has 0 saturated carbocycles. The highest BCUT2D eigenvalue weighted by Crippen LogP contribution is 2.23. The monoisotopic (exact) mass is 312 g/mol. The molecule has 1 unspecified atom stereocenters. The maximum atomic E-state index is 11.9. The fourth-order valence-electron chi connectivity index (χ4n) is 2.19. The highest BCUT2D eigenvalue weighted by Gasteiger charge is 2.41. The van der Waals surface area contributed by atoms with E-state index in [0.29, 0.717) is 18.0 Å². The number of amides is 2. The van der Waals surface area contributed by atoms with Crippen molar-refractivity contribution in [2.75, 3.05) is 25.0 Å². The summed E-state index contributed by atoms with van der Waals surface area (Å²) in [4.78, 5) is 35.8. The van der Waals surface area contributed by atoms with E-state index in [1.807, 2.05) is 0 Å². The van der Waals surface area contributed by atoms with Crippen molar-refractivity contribution in [1.82, 2.24) is 4.90 Å². The van der Waals surface area contributed by atoms with Crippen molar-refractivity contribution in [3.8, 4) is 0 Å². The van der Waals surface area contributed by atoms with Gasteiger partial charge in [0.25, 0.3) is 5.91 Å². The number of aliphatic carboxylic acids is 1. The molecule has 114 valence electrons. The number of thiophene rings is 1. The molecule has 21 heavy (non-hydrogen) atoms. The van der Waals surface area contributed by atoms with Crippen LogP contribution in [0.3, 0.4) is 0 Å². The maximum absolute atomic E-state index is 11.9. The molecule has 2 heterocycles. The van der Waals surface area contributed by atoms with E-state index in [0.717, 1.165) is 0 Å². The normalized spacial score (nSPS) is 22.1. The zero-order valence-corrected chi connectivity index (χ0v) is 12.0. The average Bonchev–Trinajstić information content (AvgIpc) is 2.97. The molecule has 9 heteroatoms. The molecular weight excluding hydrogens is 296 g/mol. The van der Waals surface area contributed by atoms with Gasteiger partial charge in [-0.2, -0.15) is 0 Å². The zero-order valence-electron chi connectivity index (χ0n) is 11.2. The predicted octanol–water partition coefficient (Wildman–Crippen LogP) is -0.727. The molecule has 0 aromatic carbocycles. The first kappa shape index (κ1) is 15.4. The summed E-state index contributed by atoms with van der Waals surface area (Å²) in [7, 11) is 0. The number of rotatable bonds is 5. The second-order valence-corrected chi connectivity index (χ2v) is 5.91. The third-order valence-electron chi connectivity index (χ3n) is 3.36. The molecule has 6 N–H and O–H groups in total. The lowest BCUT2D eigenvalue weighted by molar-refractivity contribution is -0.143. The number of hydrogen-bond acceptors (Lipinski definition) is 6. The Balaban J connectivity index is 1.93. The Bertz CT molecular complexity index is 588. The van der Waals surface area contributed by atoms with E-state index >= 15 is 0 Å². The van der Waals surface area contributed by atoms with Crippen molar-refractivity contribution >= 4 is 34.1 Å². The molecule has 2 amide bonds. The van der Waals surface area contributed by atoms with Gasteiger partial charge >= 0.3 is 5.97 Å². The Morgan fingerprint density at radius 3 is 2.76 bits per heavy atom. The minimum absolute atomic E-state index is 0.0162. The third kappa shape index (κ3) is 3.38. The number of primary amides is 1. The quantitative estimate of drug-likeness (QED) is 0.565. The summed E-state index contributed by atoms with van der Waals surface area (Å²) in [5.41, 5.74) is 9.88.